The molecule has 0 unspecified atom stereocenters. The lowest BCUT2D eigenvalue weighted by Crippen LogP contribution is -2.06. The number of nitrogens with zero attached hydrogens (tertiary/aromatic N) is 4. The first-order valence-corrected chi connectivity index (χ1v) is 9.00. The molecule has 0 saturated carbocycles. The van der Waals surface area contributed by atoms with Crippen molar-refractivity contribution < 1.29 is 0 Å². The Morgan fingerprint density at radius 3 is 2.59 bits per heavy atom. The second-order valence-corrected chi connectivity index (χ2v) is 6.78. The van der Waals surface area contributed by atoms with Crippen LogP contribution < -0.4 is 11.1 Å². The van der Waals surface area contributed by atoms with Crippen LogP contribution in [0.25, 0.3) is 22.6 Å². The van der Waals surface area contributed by atoms with Gasteiger partial charge in [0.15, 0.2) is 17.3 Å². The highest BCUT2D eigenvalue weighted by Crippen LogP contribution is 2.27. The van der Waals surface area contributed by atoms with Gasteiger partial charge in [-0.25, -0.2) is 15.0 Å². The van der Waals surface area contributed by atoms with Crippen LogP contribution in [0.3, 0.4) is 0 Å². The highest BCUT2D eigenvalue weighted by molar-refractivity contribution is 5.85. The largest absolute Gasteiger partial charge is 0.399 e. The molecule has 0 radical (unpaired) electrons. The molecule has 4 aromatic rings. The van der Waals surface area contributed by atoms with Crippen molar-refractivity contribution in [2.24, 2.45) is 0 Å². The molecule has 6 nitrogen and oxygen atoms in total. The summed E-state index contributed by atoms with van der Waals surface area (Å²) < 4.78 is 2.06. The molecule has 0 aliphatic rings. The molecule has 0 aliphatic carbocycles. The lowest BCUT2D eigenvalue weighted by Gasteiger charge is -2.11. The average molecular weight is 358 g/mol. The quantitative estimate of drug-likeness (QED) is 0.521. The van der Waals surface area contributed by atoms with Crippen LogP contribution in [0.4, 0.5) is 11.5 Å². The minimum Gasteiger partial charge on any atom is -0.399 e. The number of hydrogen-bond donors (Lipinski definition) is 2. The third-order valence-electron chi connectivity index (χ3n) is 4.43. The van der Waals surface area contributed by atoms with Crippen molar-refractivity contribution >= 4 is 22.7 Å². The number of rotatable bonds is 5. The van der Waals surface area contributed by atoms with Crippen LogP contribution in [-0.2, 0) is 6.54 Å². The molecule has 4 rings (SSSR count). The van der Waals surface area contributed by atoms with E-state index in [-0.39, 0.29) is 6.04 Å². The molecule has 136 valence electrons. The summed E-state index contributed by atoms with van der Waals surface area (Å²) in [6.07, 6.45) is 1.82. The molecular weight excluding hydrogens is 336 g/mol. The third kappa shape index (κ3) is 3.46. The summed E-state index contributed by atoms with van der Waals surface area (Å²) in [6, 6.07) is 18.1. The first-order chi connectivity index (χ1) is 13.1. The molecule has 0 spiro atoms. The first kappa shape index (κ1) is 17.0. The van der Waals surface area contributed by atoms with E-state index in [0.29, 0.717) is 18.1 Å². The Morgan fingerprint density at radius 2 is 1.85 bits per heavy atom. The number of imidazole rings is 1. The Labute approximate surface area is 158 Å². The topological polar surface area (TPSA) is 81.7 Å². The monoisotopic (exact) mass is 358 g/mol. The number of nitrogens with one attached hydrogen (secondary N) is 1. The van der Waals surface area contributed by atoms with Crippen LogP contribution in [0.1, 0.15) is 25.5 Å². The van der Waals surface area contributed by atoms with Gasteiger partial charge in [0.25, 0.3) is 0 Å². The smallest absolute Gasteiger partial charge is 0.166 e. The number of nitrogens with two attached hydrogens (primary N) is 1. The fourth-order valence-electron chi connectivity index (χ4n) is 3.01. The van der Waals surface area contributed by atoms with Crippen LogP contribution in [-0.4, -0.2) is 19.5 Å². The lowest BCUT2D eigenvalue weighted by molar-refractivity contribution is 0.613. The van der Waals surface area contributed by atoms with Crippen molar-refractivity contribution in [3.63, 3.8) is 0 Å². The molecule has 27 heavy (non-hydrogen) atoms. The minimum atomic E-state index is 0.251. The van der Waals surface area contributed by atoms with E-state index < -0.39 is 0 Å². The molecule has 3 N–H and O–H groups in total. The predicted octanol–water partition coefficient (Wildman–Crippen LogP) is 4.27. The minimum absolute atomic E-state index is 0.251. The SMILES string of the molecule is CC(C)n1cnc2c(NCc3ccccc3)nc(-c3cccc(N)c3)nc21. The molecular formula is C21H22N6. The molecule has 2 aromatic carbocycles. The Bertz CT molecular complexity index is 1070. The fraction of sp³-hybridized carbons (Fsp3) is 0.190. The van der Waals surface area contributed by atoms with Gasteiger partial charge in [-0.1, -0.05) is 42.5 Å². The summed E-state index contributed by atoms with van der Waals surface area (Å²) >= 11 is 0. The van der Waals surface area contributed by atoms with E-state index in [9.17, 15) is 0 Å². The normalized spacial score (nSPS) is 11.2. The van der Waals surface area contributed by atoms with Crippen molar-refractivity contribution in [3.8, 4) is 11.4 Å². The van der Waals surface area contributed by atoms with Gasteiger partial charge in [-0.2, -0.15) is 0 Å². The number of aromatic nitrogens is 4. The van der Waals surface area contributed by atoms with Crippen molar-refractivity contribution in [2.75, 3.05) is 11.1 Å². The molecule has 0 amide bonds. The van der Waals surface area contributed by atoms with Gasteiger partial charge in [0.05, 0.1) is 6.33 Å². The third-order valence-corrected chi connectivity index (χ3v) is 4.43. The number of anilines is 2. The van der Waals surface area contributed by atoms with E-state index in [1.54, 1.807) is 0 Å². The van der Waals surface area contributed by atoms with Crippen molar-refractivity contribution in [1.29, 1.82) is 0 Å². The second kappa shape index (κ2) is 7.07. The number of fused-ring (bicyclic) bond motifs is 1. The number of nitrogen functional groups attached to an aromatic ring is 1. The summed E-state index contributed by atoms with van der Waals surface area (Å²) in [4.78, 5) is 14.1. The van der Waals surface area contributed by atoms with E-state index in [4.69, 9.17) is 15.7 Å². The molecule has 0 saturated heterocycles. The van der Waals surface area contributed by atoms with Gasteiger partial charge >= 0.3 is 0 Å². The van der Waals surface area contributed by atoms with Gasteiger partial charge in [-0.15, -0.1) is 0 Å². The maximum atomic E-state index is 5.95. The van der Waals surface area contributed by atoms with Gasteiger partial charge in [0.1, 0.15) is 5.52 Å². The summed E-state index contributed by atoms with van der Waals surface area (Å²) in [5, 5.41) is 3.42. The Hall–Kier alpha value is -3.41. The second-order valence-electron chi connectivity index (χ2n) is 6.78. The van der Waals surface area contributed by atoms with Gasteiger partial charge in [-0.05, 0) is 31.5 Å². The van der Waals surface area contributed by atoms with Crippen molar-refractivity contribution in [3.05, 3.63) is 66.5 Å². The molecule has 0 aliphatic heterocycles. The van der Waals surface area contributed by atoms with Gasteiger partial charge in [-0.3, -0.25) is 0 Å². The summed E-state index contributed by atoms with van der Waals surface area (Å²) in [6.45, 7) is 4.89. The van der Waals surface area contributed by atoms with E-state index in [0.717, 1.165) is 22.5 Å². The van der Waals surface area contributed by atoms with Gasteiger partial charge in [0.2, 0.25) is 0 Å². The molecule has 6 heteroatoms. The van der Waals surface area contributed by atoms with E-state index in [1.807, 2.05) is 48.8 Å². The van der Waals surface area contributed by atoms with E-state index >= 15 is 0 Å². The number of benzene rings is 2. The lowest BCUT2D eigenvalue weighted by atomic mass is 10.2. The zero-order chi connectivity index (χ0) is 18.8. The maximum absolute atomic E-state index is 5.95. The Morgan fingerprint density at radius 1 is 1.04 bits per heavy atom. The zero-order valence-corrected chi connectivity index (χ0v) is 15.4. The van der Waals surface area contributed by atoms with E-state index in [2.05, 4.69) is 40.8 Å². The zero-order valence-electron chi connectivity index (χ0n) is 15.4. The van der Waals surface area contributed by atoms with Gasteiger partial charge < -0.3 is 15.6 Å². The summed E-state index contributed by atoms with van der Waals surface area (Å²) in [7, 11) is 0. The summed E-state index contributed by atoms with van der Waals surface area (Å²) in [5.74, 6) is 1.36. The molecule has 0 bridgehead atoms. The van der Waals surface area contributed by atoms with Gasteiger partial charge in [0, 0.05) is 23.8 Å². The predicted molar refractivity (Wildman–Crippen MR) is 109 cm³/mol. The van der Waals surface area contributed by atoms with Crippen molar-refractivity contribution in [2.45, 2.75) is 26.4 Å². The van der Waals surface area contributed by atoms with Crippen LogP contribution in [0.5, 0.6) is 0 Å². The first-order valence-electron chi connectivity index (χ1n) is 9.00. The molecule has 2 heterocycles. The molecule has 2 aromatic heterocycles. The van der Waals surface area contributed by atoms with Crippen LogP contribution in [0.2, 0.25) is 0 Å². The fourth-order valence-corrected chi connectivity index (χ4v) is 3.01. The number of hydrogen-bond acceptors (Lipinski definition) is 5. The Kier molecular flexibility index (Phi) is 4.46. The van der Waals surface area contributed by atoms with E-state index in [1.165, 1.54) is 5.56 Å². The Balaban J connectivity index is 1.80. The standard InChI is InChI=1S/C21H22N6/c1-14(2)27-13-24-18-20(23-12-15-7-4-3-5-8-15)25-19(26-21(18)27)16-9-6-10-17(22)11-16/h3-11,13-14H,12,22H2,1-2H3,(H,23,25,26). The highest BCUT2D eigenvalue weighted by Gasteiger charge is 2.15. The van der Waals surface area contributed by atoms with Crippen LogP contribution in [0.15, 0.2) is 60.9 Å². The summed E-state index contributed by atoms with van der Waals surface area (Å²) in [5.41, 5.74) is 10.3. The molecule has 0 atom stereocenters. The average Bonchev–Trinajstić information content (AvgIpc) is 3.11. The van der Waals surface area contributed by atoms with Crippen LogP contribution in [0, 0.1) is 0 Å². The maximum Gasteiger partial charge on any atom is 0.166 e. The molecule has 0 fully saturated rings. The highest BCUT2D eigenvalue weighted by atomic mass is 15.2. The van der Waals surface area contributed by atoms with Crippen LogP contribution >= 0.6 is 0 Å². The van der Waals surface area contributed by atoms with Crippen molar-refractivity contribution in [1.82, 2.24) is 19.5 Å².